The van der Waals surface area contributed by atoms with Crippen LogP contribution in [0.2, 0.25) is 0 Å². The molecule has 7 nitrogen and oxygen atoms in total. The van der Waals surface area contributed by atoms with Gasteiger partial charge in [-0.25, -0.2) is 13.6 Å². The Hall–Kier alpha value is -1.64. The molecule has 0 unspecified atom stereocenters. The standard InChI is InChI=1S/C12H18N2O5S/c1-14(6-7-18-2)12(15)9-4-5-10(19-3)11(8-9)20(13,16)17/h4-5,8H,6-7H2,1-3H3,(H2,13,16,17). The van der Waals surface area contributed by atoms with E-state index in [4.69, 9.17) is 14.6 Å². The van der Waals surface area contributed by atoms with Crippen LogP contribution in [-0.2, 0) is 14.8 Å². The lowest BCUT2D eigenvalue weighted by Gasteiger charge is -2.17. The van der Waals surface area contributed by atoms with E-state index in [0.29, 0.717) is 13.2 Å². The third-order valence-corrected chi connectivity index (χ3v) is 3.63. The smallest absolute Gasteiger partial charge is 0.253 e. The van der Waals surface area contributed by atoms with Gasteiger partial charge in [0.05, 0.1) is 13.7 Å². The van der Waals surface area contributed by atoms with Crippen molar-refractivity contribution in [1.29, 1.82) is 0 Å². The summed E-state index contributed by atoms with van der Waals surface area (Å²) in [5.41, 5.74) is 0.216. The summed E-state index contributed by atoms with van der Waals surface area (Å²) in [6.45, 7) is 0.784. The number of carbonyl (C=O) groups is 1. The van der Waals surface area contributed by atoms with Crippen molar-refractivity contribution in [2.75, 3.05) is 34.4 Å². The molecule has 1 amide bonds. The molecule has 0 radical (unpaired) electrons. The number of sulfonamides is 1. The fourth-order valence-electron chi connectivity index (χ4n) is 1.58. The van der Waals surface area contributed by atoms with Gasteiger partial charge in [-0.05, 0) is 18.2 Å². The van der Waals surface area contributed by atoms with Crippen molar-refractivity contribution in [2.45, 2.75) is 4.90 Å². The van der Waals surface area contributed by atoms with Crippen molar-refractivity contribution in [1.82, 2.24) is 4.90 Å². The quantitative estimate of drug-likeness (QED) is 0.801. The second-order valence-corrected chi connectivity index (χ2v) is 5.66. The molecule has 0 aliphatic carbocycles. The van der Waals surface area contributed by atoms with Crippen LogP contribution in [0.5, 0.6) is 5.75 Å². The lowest BCUT2D eigenvalue weighted by atomic mass is 10.2. The number of benzene rings is 1. The second kappa shape index (κ2) is 6.69. The molecule has 0 aliphatic rings. The van der Waals surface area contributed by atoms with Crippen LogP contribution in [0, 0.1) is 0 Å². The zero-order valence-corrected chi connectivity index (χ0v) is 12.4. The monoisotopic (exact) mass is 302 g/mol. The molecule has 0 spiro atoms. The first-order valence-electron chi connectivity index (χ1n) is 5.76. The van der Waals surface area contributed by atoms with Crippen LogP contribution in [0.1, 0.15) is 10.4 Å². The summed E-state index contributed by atoms with van der Waals surface area (Å²) in [5.74, 6) is -0.224. The Morgan fingerprint density at radius 2 is 2.00 bits per heavy atom. The summed E-state index contributed by atoms with van der Waals surface area (Å²) in [6.07, 6.45) is 0. The predicted octanol–water partition coefficient (Wildman–Crippen LogP) is 0.0610. The zero-order chi connectivity index (χ0) is 15.3. The minimum atomic E-state index is -3.96. The molecule has 8 heteroatoms. The highest BCUT2D eigenvalue weighted by atomic mass is 32.2. The van der Waals surface area contributed by atoms with E-state index in [1.54, 1.807) is 7.05 Å². The summed E-state index contributed by atoms with van der Waals surface area (Å²) >= 11 is 0. The normalized spacial score (nSPS) is 11.2. The SMILES string of the molecule is COCCN(C)C(=O)c1ccc(OC)c(S(N)(=O)=O)c1. The molecular formula is C12H18N2O5S. The number of nitrogens with two attached hydrogens (primary N) is 1. The van der Waals surface area contributed by atoms with Crippen molar-refractivity contribution >= 4 is 15.9 Å². The van der Waals surface area contributed by atoms with Crippen LogP contribution >= 0.6 is 0 Å². The number of nitrogens with zero attached hydrogens (tertiary/aromatic N) is 1. The van der Waals surface area contributed by atoms with E-state index in [-0.39, 0.29) is 22.1 Å². The Morgan fingerprint density at radius 1 is 1.35 bits per heavy atom. The van der Waals surface area contributed by atoms with E-state index < -0.39 is 10.0 Å². The topological polar surface area (TPSA) is 98.9 Å². The summed E-state index contributed by atoms with van der Waals surface area (Å²) in [6, 6.07) is 4.09. The number of carbonyl (C=O) groups excluding carboxylic acids is 1. The van der Waals surface area contributed by atoms with Crippen molar-refractivity contribution in [3.05, 3.63) is 23.8 Å². The highest BCUT2D eigenvalue weighted by Crippen LogP contribution is 2.24. The maximum absolute atomic E-state index is 12.1. The Morgan fingerprint density at radius 3 is 2.50 bits per heavy atom. The number of likely N-dealkylation sites (N-methyl/N-ethyl adjacent to an activating group) is 1. The molecule has 0 aliphatic heterocycles. The zero-order valence-electron chi connectivity index (χ0n) is 11.6. The van der Waals surface area contributed by atoms with E-state index in [2.05, 4.69) is 0 Å². The molecule has 0 aromatic heterocycles. The van der Waals surface area contributed by atoms with Gasteiger partial charge in [-0.2, -0.15) is 0 Å². The van der Waals surface area contributed by atoms with Crippen molar-refractivity contribution < 1.29 is 22.7 Å². The van der Waals surface area contributed by atoms with Gasteiger partial charge in [0, 0.05) is 26.3 Å². The van der Waals surface area contributed by atoms with Gasteiger partial charge in [0.25, 0.3) is 5.91 Å². The van der Waals surface area contributed by atoms with Crippen molar-refractivity contribution in [3.63, 3.8) is 0 Å². The van der Waals surface area contributed by atoms with Gasteiger partial charge in [-0.3, -0.25) is 4.79 Å². The first kappa shape index (κ1) is 16.4. The van der Waals surface area contributed by atoms with Gasteiger partial charge >= 0.3 is 0 Å². The van der Waals surface area contributed by atoms with Gasteiger partial charge in [-0.1, -0.05) is 0 Å². The average Bonchev–Trinajstić information content (AvgIpc) is 2.42. The molecule has 0 heterocycles. The minimum Gasteiger partial charge on any atom is -0.495 e. The molecular weight excluding hydrogens is 284 g/mol. The van der Waals surface area contributed by atoms with Gasteiger partial charge in [-0.15, -0.1) is 0 Å². The third-order valence-electron chi connectivity index (χ3n) is 2.69. The van der Waals surface area contributed by atoms with Crippen molar-refractivity contribution in [3.8, 4) is 5.75 Å². The molecule has 0 bridgehead atoms. The van der Waals surface area contributed by atoms with Gasteiger partial charge in [0.2, 0.25) is 10.0 Å². The number of amides is 1. The van der Waals surface area contributed by atoms with Crippen LogP contribution < -0.4 is 9.88 Å². The molecule has 1 aromatic carbocycles. The lowest BCUT2D eigenvalue weighted by molar-refractivity contribution is 0.0744. The number of primary sulfonamides is 1. The minimum absolute atomic E-state index is 0.101. The predicted molar refractivity (Wildman–Crippen MR) is 73.2 cm³/mol. The third kappa shape index (κ3) is 3.92. The second-order valence-electron chi connectivity index (χ2n) is 4.13. The highest BCUT2D eigenvalue weighted by molar-refractivity contribution is 7.89. The molecule has 0 saturated carbocycles. The van der Waals surface area contributed by atoms with Crippen LogP contribution in [0.4, 0.5) is 0 Å². The van der Waals surface area contributed by atoms with Gasteiger partial charge in [0.1, 0.15) is 10.6 Å². The molecule has 2 N–H and O–H groups in total. The fraction of sp³-hybridized carbons (Fsp3) is 0.417. The molecule has 1 aromatic rings. The number of methoxy groups -OCH3 is 2. The summed E-state index contributed by atoms with van der Waals surface area (Å²) in [7, 11) is 0.497. The molecule has 0 saturated heterocycles. The van der Waals surface area contributed by atoms with Crippen LogP contribution in [0.25, 0.3) is 0 Å². The van der Waals surface area contributed by atoms with E-state index in [9.17, 15) is 13.2 Å². The van der Waals surface area contributed by atoms with Crippen LogP contribution in [0.3, 0.4) is 0 Å². The average molecular weight is 302 g/mol. The van der Waals surface area contributed by atoms with Crippen LogP contribution in [-0.4, -0.2) is 53.6 Å². The van der Waals surface area contributed by atoms with Crippen molar-refractivity contribution in [2.24, 2.45) is 5.14 Å². The summed E-state index contributed by atoms with van der Waals surface area (Å²) in [5, 5.41) is 5.11. The van der Waals surface area contributed by atoms with Gasteiger partial charge < -0.3 is 14.4 Å². The van der Waals surface area contributed by atoms with Gasteiger partial charge in [0.15, 0.2) is 0 Å². The molecule has 20 heavy (non-hydrogen) atoms. The number of ether oxygens (including phenoxy) is 2. The van der Waals surface area contributed by atoms with E-state index in [1.165, 1.54) is 37.3 Å². The van der Waals surface area contributed by atoms with Crippen LogP contribution in [0.15, 0.2) is 23.1 Å². The van der Waals surface area contributed by atoms with E-state index >= 15 is 0 Å². The lowest BCUT2D eigenvalue weighted by Crippen LogP contribution is -2.30. The maximum atomic E-state index is 12.1. The Balaban J connectivity index is 3.12. The largest absolute Gasteiger partial charge is 0.495 e. The molecule has 1 rings (SSSR count). The number of hydrogen-bond donors (Lipinski definition) is 1. The Labute approximate surface area is 118 Å². The maximum Gasteiger partial charge on any atom is 0.253 e. The van der Waals surface area contributed by atoms with E-state index in [0.717, 1.165) is 0 Å². The summed E-state index contributed by atoms with van der Waals surface area (Å²) < 4.78 is 32.8. The number of rotatable bonds is 6. The Bertz CT molecular complexity index is 586. The highest BCUT2D eigenvalue weighted by Gasteiger charge is 2.19. The Kier molecular flexibility index (Phi) is 5.49. The fourth-order valence-corrected chi connectivity index (χ4v) is 2.31. The molecule has 0 fully saturated rings. The summed E-state index contributed by atoms with van der Waals surface area (Å²) in [4.78, 5) is 13.3. The first-order valence-corrected chi connectivity index (χ1v) is 7.31. The molecule has 0 atom stereocenters. The number of hydrogen-bond acceptors (Lipinski definition) is 5. The van der Waals surface area contributed by atoms with E-state index in [1.807, 2.05) is 0 Å². The molecule has 112 valence electrons. The first-order chi connectivity index (χ1) is 9.31.